The highest BCUT2D eigenvalue weighted by Gasteiger charge is 2.26. The highest BCUT2D eigenvalue weighted by molar-refractivity contribution is 7.92. The van der Waals surface area contributed by atoms with Crippen molar-refractivity contribution in [3.8, 4) is 0 Å². The van der Waals surface area contributed by atoms with Crippen LogP contribution in [0.5, 0.6) is 0 Å². The number of anilines is 2. The molecule has 2 heterocycles. The summed E-state index contributed by atoms with van der Waals surface area (Å²) < 4.78 is 28.1. The molecule has 0 unspecified atom stereocenters. The van der Waals surface area contributed by atoms with Crippen LogP contribution in [0.15, 0.2) is 59.6 Å². The first kappa shape index (κ1) is 24.5. The minimum Gasteiger partial charge on any atom is -0.341 e. The van der Waals surface area contributed by atoms with Gasteiger partial charge in [0.15, 0.2) is 9.84 Å². The van der Waals surface area contributed by atoms with Crippen molar-refractivity contribution in [3.63, 3.8) is 0 Å². The van der Waals surface area contributed by atoms with Crippen LogP contribution in [0, 0.1) is 0 Å². The second-order valence-electron chi connectivity index (χ2n) is 8.65. The molecule has 1 saturated heterocycles. The van der Waals surface area contributed by atoms with Crippen molar-refractivity contribution in [2.24, 2.45) is 0 Å². The molecule has 0 saturated carbocycles. The molecular formula is C25H28N4O5S. The van der Waals surface area contributed by atoms with Crippen LogP contribution >= 0.6 is 0 Å². The normalized spacial score (nSPS) is 14.0. The molecular weight excluding hydrogens is 468 g/mol. The number of carbonyl (C=O) groups excluding carboxylic acids is 3. The first-order valence-electron chi connectivity index (χ1n) is 11.5. The molecule has 1 aliphatic rings. The minimum absolute atomic E-state index is 0.0238. The Labute approximate surface area is 204 Å². The molecule has 0 spiro atoms. The van der Waals surface area contributed by atoms with Crippen LogP contribution in [-0.2, 0) is 30.8 Å². The summed E-state index contributed by atoms with van der Waals surface area (Å²) in [6, 6.07) is 13.3. The first-order chi connectivity index (χ1) is 16.7. The Morgan fingerprint density at radius 2 is 1.51 bits per heavy atom. The number of carbonyl (C=O) groups is 3. The van der Waals surface area contributed by atoms with Gasteiger partial charge in [0.05, 0.1) is 4.90 Å². The largest absolute Gasteiger partial charge is 0.341 e. The van der Waals surface area contributed by atoms with E-state index in [4.69, 9.17) is 0 Å². The Bertz CT molecular complexity index is 1360. The maximum atomic E-state index is 13.2. The van der Waals surface area contributed by atoms with Crippen LogP contribution in [0.1, 0.15) is 26.2 Å². The number of para-hydroxylation sites is 1. The molecule has 184 valence electrons. The van der Waals surface area contributed by atoms with E-state index in [2.05, 4.69) is 10.6 Å². The van der Waals surface area contributed by atoms with Gasteiger partial charge < -0.3 is 20.1 Å². The summed E-state index contributed by atoms with van der Waals surface area (Å²) in [5.41, 5.74) is 1.61. The molecule has 2 N–H and O–H groups in total. The molecule has 3 aromatic rings. The molecule has 9 nitrogen and oxygen atoms in total. The number of nitrogens with zero attached hydrogens (tertiary/aromatic N) is 2. The number of benzene rings is 2. The van der Waals surface area contributed by atoms with Crippen molar-refractivity contribution in [1.29, 1.82) is 0 Å². The third-order valence-electron chi connectivity index (χ3n) is 5.91. The van der Waals surface area contributed by atoms with Gasteiger partial charge in [-0.15, -0.1) is 0 Å². The molecule has 0 radical (unpaired) electrons. The van der Waals surface area contributed by atoms with Gasteiger partial charge in [0.1, 0.15) is 12.3 Å². The molecule has 0 atom stereocenters. The highest BCUT2D eigenvalue weighted by Crippen LogP contribution is 2.27. The van der Waals surface area contributed by atoms with Gasteiger partial charge in [-0.25, -0.2) is 8.42 Å². The lowest BCUT2D eigenvalue weighted by molar-refractivity contribution is -0.132. The van der Waals surface area contributed by atoms with Crippen molar-refractivity contribution in [2.45, 2.75) is 37.6 Å². The number of nitrogens with one attached hydrogen (secondary N) is 2. The molecule has 0 bridgehead atoms. The van der Waals surface area contributed by atoms with Crippen molar-refractivity contribution in [3.05, 3.63) is 54.7 Å². The zero-order chi connectivity index (χ0) is 25.0. The zero-order valence-electron chi connectivity index (χ0n) is 19.5. The summed E-state index contributed by atoms with van der Waals surface area (Å²) in [5, 5.41) is 5.68. The maximum Gasteiger partial charge on any atom is 0.242 e. The van der Waals surface area contributed by atoms with Gasteiger partial charge in [0.25, 0.3) is 0 Å². The number of hydrogen-bond donors (Lipinski definition) is 2. The SMILES string of the molecule is CC(=O)Nc1ccc(NC(=O)CS(=O)(=O)c2cn(CC(=O)N3CCCCC3)c3ccccc23)cc1. The van der Waals surface area contributed by atoms with Crippen molar-refractivity contribution in [2.75, 3.05) is 29.5 Å². The van der Waals surface area contributed by atoms with Crippen LogP contribution in [0.25, 0.3) is 10.9 Å². The van der Waals surface area contributed by atoms with Crippen LogP contribution in [-0.4, -0.2) is 54.4 Å². The number of sulfone groups is 1. The molecule has 1 fully saturated rings. The third-order valence-corrected chi connectivity index (χ3v) is 7.55. The molecule has 0 aliphatic carbocycles. The second-order valence-corrected chi connectivity index (χ2v) is 10.6. The van der Waals surface area contributed by atoms with E-state index in [0.29, 0.717) is 22.3 Å². The fraction of sp³-hybridized carbons (Fsp3) is 0.320. The Hall–Kier alpha value is -3.66. The van der Waals surface area contributed by atoms with Gasteiger partial charge in [0.2, 0.25) is 17.7 Å². The van der Waals surface area contributed by atoms with Crippen molar-refractivity contribution < 1.29 is 22.8 Å². The highest BCUT2D eigenvalue weighted by atomic mass is 32.2. The fourth-order valence-electron chi connectivity index (χ4n) is 4.27. The van der Waals surface area contributed by atoms with E-state index < -0.39 is 21.5 Å². The van der Waals surface area contributed by atoms with Gasteiger partial charge in [-0.3, -0.25) is 14.4 Å². The van der Waals surface area contributed by atoms with Gasteiger partial charge in [-0.2, -0.15) is 0 Å². The minimum atomic E-state index is -3.98. The number of likely N-dealkylation sites (tertiary alicyclic amines) is 1. The number of fused-ring (bicyclic) bond motifs is 1. The fourth-order valence-corrected chi connectivity index (χ4v) is 5.64. The lowest BCUT2D eigenvalue weighted by Gasteiger charge is -2.27. The number of hydrogen-bond acceptors (Lipinski definition) is 5. The van der Waals surface area contributed by atoms with E-state index in [-0.39, 0.29) is 23.3 Å². The number of aromatic nitrogens is 1. The lowest BCUT2D eigenvalue weighted by atomic mass is 10.1. The van der Waals surface area contributed by atoms with Crippen LogP contribution in [0.4, 0.5) is 11.4 Å². The summed E-state index contributed by atoms with van der Waals surface area (Å²) >= 11 is 0. The number of amides is 3. The monoisotopic (exact) mass is 496 g/mol. The Balaban J connectivity index is 1.51. The number of rotatable bonds is 7. The molecule has 35 heavy (non-hydrogen) atoms. The smallest absolute Gasteiger partial charge is 0.242 e. The molecule has 4 rings (SSSR count). The summed E-state index contributed by atoms with van der Waals surface area (Å²) in [6.07, 6.45) is 4.52. The quantitative estimate of drug-likeness (QED) is 0.521. The molecule has 1 aromatic heterocycles. The summed E-state index contributed by atoms with van der Waals surface area (Å²) in [5.74, 6) is -1.69. The topological polar surface area (TPSA) is 118 Å². The van der Waals surface area contributed by atoms with E-state index in [9.17, 15) is 22.8 Å². The molecule has 2 aromatic carbocycles. The summed E-state index contributed by atoms with van der Waals surface area (Å²) in [7, 11) is -3.98. The first-order valence-corrected chi connectivity index (χ1v) is 13.1. The third kappa shape index (κ3) is 5.89. The Morgan fingerprint density at radius 3 is 2.17 bits per heavy atom. The van der Waals surface area contributed by atoms with Gasteiger partial charge in [-0.1, -0.05) is 18.2 Å². The maximum absolute atomic E-state index is 13.2. The Morgan fingerprint density at radius 1 is 0.886 bits per heavy atom. The number of piperidine rings is 1. The van der Waals surface area contributed by atoms with Crippen LogP contribution in [0.3, 0.4) is 0 Å². The predicted octanol–water partition coefficient (Wildman–Crippen LogP) is 3.02. The average Bonchev–Trinajstić information content (AvgIpc) is 3.20. The van der Waals surface area contributed by atoms with E-state index >= 15 is 0 Å². The van der Waals surface area contributed by atoms with E-state index in [0.717, 1.165) is 32.4 Å². The summed E-state index contributed by atoms with van der Waals surface area (Å²) in [4.78, 5) is 38.3. The van der Waals surface area contributed by atoms with E-state index in [1.54, 1.807) is 53.1 Å². The standard InChI is InChI=1S/C25H28N4O5S/c1-18(30)26-19-9-11-20(12-10-19)27-24(31)17-35(33,34)23-15-29(22-8-4-3-7-21(22)23)16-25(32)28-13-5-2-6-14-28/h3-4,7-12,15H,2,5-6,13-14,16-17H2,1H3,(H,26,30)(H,27,31). The Kier molecular flexibility index (Phi) is 7.20. The zero-order valence-corrected chi connectivity index (χ0v) is 20.3. The van der Waals surface area contributed by atoms with Gasteiger partial charge in [-0.05, 0) is 49.6 Å². The van der Waals surface area contributed by atoms with Crippen LogP contribution in [0.2, 0.25) is 0 Å². The second kappa shape index (κ2) is 10.3. The predicted molar refractivity (Wildman–Crippen MR) is 134 cm³/mol. The van der Waals surface area contributed by atoms with Gasteiger partial charge in [0, 0.05) is 48.5 Å². The average molecular weight is 497 g/mol. The molecule has 10 heteroatoms. The lowest BCUT2D eigenvalue weighted by Crippen LogP contribution is -2.37. The molecule has 1 aliphatic heterocycles. The van der Waals surface area contributed by atoms with E-state index in [1.807, 2.05) is 4.90 Å². The van der Waals surface area contributed by atoms with Gasteiger partial charge >= 0.3 is 0 Å². The van der Waals surface area contributed by atoms with E-state index in [1.165, 1.54) is 13.1 Å². The van der Waals surface area contributed by atoms with Crippen molar-refractivity contribution in [1.82, 2.24) is 9.47 Å². The van der Waals surface area contributed by atoms with Crippen molar-refractivity contribution >= 4 is 49.8 Å². The molecule has 3 amide bonds. The summed E-state index contributed by atoms with van der Waals surface area (Å²) in [6.45, 7) is 2.87. The van der Waals surface area contributed by atoms with Crippen LogP contribution < -0.4 is 10.6 Å².